The Morgan fingerprint density at radius 3 is 2.67 bits per heavy atom. The number of carbonyl (C=O) groups is 2. The lowest BCUT2D eigenvalue weighted by Crippen LogP contribution is -2.21. The molecule has 0 fully saturated rings. The molecule has 0 heterocycles. The minimum Gasteiger partial charge on any atom is -0.353 e. The number of carbonyl (C=O) groups excluding carboxylic acids is 2. The van der Waals surface area contributed by atoms with Crippen molar-refractivity contribution in [1.82, 2.24) is 5.32 Å². The van der Waals surface area contributed by atoms with Gasteiger partial charge in [-0.3, -0.25) is 4.79 Å². The predicted octanol–water partition coefficient (Wildman–Crippen LogP) is 1.05. The van der Waals surface area contributed by atoms with Crippen molar-refractivity contribution in [2.75, 3.05) is 6.54 Å². The molecule has 3 heteroatoms. The van der Waals surface area contributed by atoms with Gasteiger partial charge >= 0.3 is 0 Å². The van der Waals surface area contributed by atoms with Crippen molar-refractivity contribution in [3.8, 4) is 0 Å². The van der Waals surface area contributed by atoms with Crippen molar-refractivity contribution in [2.24, 2.45) is 0 Å². The van der Waals surface area contributed by atoms with Gasteiger partial charge in [0.1, 0.15) is 6.29 Å². The van der Waals surface area contributed by atoms with Gasteiger partial charge in [-0.2, -0.15) is 0 Å². The van der Waals surface area contributed by atoms with Crippen molar-refractivity contribution in [2.45, 2.75) is 25.7 Å². The third-order valence-electron chi connectivity index (χ3n) is 1.48. The van der Waals surface area contributed by atoms with Crippen LogP contribution >= 0.6 is 0 Å². The zero-order valence-corrected chi connectivity index (χ0v) is 7.21. The van der Waals surface area contributed by atoms with Crippen LogP contribution in [0.15, 0.2) is 12.7 Å². The molecule has 12 heavy (non-hydrogen) atoms. The van der Waals surface area contributed by atoms with Crippen molar-refractivity contribution in [3.05, 3.63) is 12.7 Å². The molecule has 1 N–H and O–H groups in total. The molecule has 0 spiro atoms. The second-order valence-electron chi connectivity index (χ2n) is 2.51. The third-order valence-corrected chi connectivity index (χ3v) is 1.48. The Balaban J connectivity index is 3.05. The van der Waals surface area contributed by atoms with E-state index in [2.05, 4.69) is 11.9 Å². The fourth-order valence-corrected chi connectivity index (χ4v) is 0.813. The average molecular weight is 169 g/mol. The smallest absolute Gasteiger partial charge is 0.243 e. The summed E-state index contributed by atoms with van der Waals surface area (Å²) in [4.78, 5) is 20.5. The molecule has 0 unspecified atom stereocenters. The molecule has 0 aromatic heterocycles. The van der Waals surface area contributed by atoms with E-state index in [-0.39, 0.29) is 5.91 Å². The molecule has 0 saturated carbocycles. The number of aldehydes is 1. The van der Waals surface area contributed by atoms with Crippen LogP contribution in [0.2, 0.25) is 0 Å². The average Bonchev–Trinajstić information content (AvgIpc) is 2.10. The number of hydrogen-bond acceptors (Lipinski definition) is 2. The first-order valence-corrected chi connectivity index (χ1v) is 4.15. The molecule has 0 bridgehead atoms. The highest BCUT2D eigenvalue weighted by atomic mass is 16.1. The highest BCUT2D eigenvalue weighted by Crippen LogP contribution is 1.95. The highest BCUT2D eigenvalue weighted by Gasteiger charge is 1.92. The molecule has 1 amide bonds. The first-order chi connectivity index (χ1) is 5.81. The van der Waals surface area contributed by atoms with Gasteiger partial charge in [0.15, 0.2) is 0 Å². The number of nitrogens with one attached hydrogen (secondary N) is 1. The summed E-state index contributed by atoms with van der Waals surface area (Å²) >= 11 is 0. The standard InChI is InChI=1S/C9H15NO2/c1-2-9(12)10-7-5-3-4-6-8-11/h2,8H,1,3-7H2,(H,10,12). The minimum absolute atomic E-state index is 0.134. The van der Waals surface area contributed by atoms with Crippen LogP contribution in [0.1, 0.15) is 25.7 Å². The first-order valence-electron chi connectivity index (χ1n) is 4.15. The first kappa shape index (κ1) is 10.9. The maximum atomic E-state index is 10.6. The second-order valence-corrected chi connectivity index (χ2v) is 2.51. The summed E-state index contributed by atoms with van der Waals surface area (Å²) in [6.07, 6.45) is 5.61. The molecule has 68 valence electrons. The molecule has 0 aromatic carbocycles. The van der Waals surface area contributed by atoms with Gasteiger partial charge in [-0.25, -0.2) is 0 Å². The van der Waals surface area contributed by atoms with Gasteiger partial charge in [0.05, 0.1) is 0 Å². The van der Waals surface area contributed by atoms with E-state index >= 15 is 0 Å². The van der Waals surface area contributed by atoms with Crippen LogP contribution in [0.25, 0.3) is 0 Å². The quantitative estimate of drug-likeness (QED) is 0.352. The summed E-state index contributed by atoms with van der Waals surface area (Å²) in [7, 11) is 0. The van der Waals surface area contributed by atoms with Crippen molar-refractivity contribution in [1.29, 1.82) is 0 Å². The van der Waals surface area contributed by atoms with Crippen LogP contribution in [0.3, 0.4) is 0 Å². The number of rotatable bonds is 7. The maximum Gasteiger partial charge on any atom is 0.243 e. The lowest BCUT2D eigenvalue weighted by Gasteiger charge is -1.99. The number of amides is 1. The Labute approximate surface area is 72.8 Å². The van der Waals surface area contributed by atoms with E-state index in [0.29, 0.717) is 13.0 Å². The van der Waals surface area contributed by atoms with Gasteiger partial charge in [-0.15, -0.1) is 0 Å². The zero-order valence-electron chi connectivity index (χ0n) is 7.21. The molecule has 0 aliphatic carbocycles. The Kier molecular flexibility index (Phi) is 7.24. The second kappa shape index (κ2) is 7.98. The van der Waals surface area contributed by atoms with E-state index in [9.17, 15) is 9.59 Å². The van der Waals surface area contributed by atoms with Crippen LogP contribution in [0.4, 0.5) is 0 Å². The molecule has 0 saturated heterocycles. The summed E-state index contributed by atoms with van der Waals surface area (Å²) in [6, 6.07) is 0. The normalized spacial score (nSPS) is 9.00. The largest absolute Gasteiger partial charge is 0.353 e. The minimum atomic E-state index is -0.134. The van der Waals surface area contributed by atoms with E-state index in [4.69, 9.17) is 0 Å². The number of unbranched alkanes of at least 4 members (excludes halogenated alkanes) is 3. The van der Waals surface area contributed by atoms with Crippen molar-refractivity contribution >= 4 is 12.2 Å². The maximum absolute atomic E-state index is 10.6. The van der Waals surface area contributed by atoms with Crippen LogP contribution in [-0.4, -0.2) is 18.7 Å². The molecule has 0 aliphatic heterocycles. The SMILES string of the molecule is C=CC(=O)NCCCCCC=O. The lowest BCUT2D eigenvalue weighted by molar-refractivity contribution is -0.116. The molecule has 0 atom stereocenters. The Hall–Kier alpha value is -1.12. The zero-order chi connectivity index (χ0) is 9.23. The van der Waals surface area contributed by atoms with Gasteiger partial charge in [0, 0.05) is 13.0 Å². The van der Waals surface area contributed by atoms with Gasteiger partial charge in [-0.1, -0.05) is 13.0 Å². The number of hydrogen-bond donors (Lipinski definition) is 1. The van der Waals surface area contributed by atoms with Crippen molar-refractivity contribution in [3.63, 3.8) is 0 Å². The van der Waals surface area contributed by atoms with E-state index in [1.54, 1.807) is 0 Å². The highest BCUT2D eigenvalue weighted by molar-refractivity contribution is 5.86. The molecular formula is C9H15NO2. The topological polar surface area (TPSA) is 46.2 Å². The molecule has 0 aromatic rings. The molecule has 0 aliphatic rings. The lowest BCUT2D eigenvalue weighted by atomic mass is 10.2. The summed E-state index contributed by atoms with van der Waals surface area (Å²) in [5.74, 6) is -0.134. The molecule has 0 radical (unpaired) electrons. The summed E-state index contributed by atoms with van der Waals surface area (Å²) < 4.78 is 0. The fourth-order valence-electron chi connectivity index (χ4n) is 0.813. The summed E-state index contributed by atoms with van der Waals surface area (Å²) in [5, 5.41) is 2.66. The monoisotopic (exact) mass is 169 g/mol. The van der Waals surface area contributed by atoms with Crippen molar-refractivity contribution < 1.29 is 9.59 Å². The van der Waals surface area contributed by atoms with E-state index in [1.165, 1.54) is 6.08 Å². The summed E-state index contributed by atoms with van der Waals surface area (Å²) in [6.45, 7) is 4.00. The van der Waals surface area contributed by atoms with E-state index in [1.807, 2.05) is 0 Å². The molecular weight excluding hydrogens is 154 g/mol. The molecule has 0 rings (SSSR count). The molecule has 3 nitrogen and oxygen atoms in total. The predicted molar refractivity (Wildman–Crippen MR) is 47.7 cm³/mol. The fraction of sp³-hybridized carbons (Fsp3) is 0.556. The third kappa shape index (κ3) is 6.99. The van der Waals surface area contributed by atoms with Gasteiger partial charge in [0.2, 0.25) is 5.91 Å². The van der Waals surface area contributed by atoms with Gasteiger partial charge in [0.25, 0.3) is 0 Å². The van der Waals surface area contributed by atoms with Gasteiger partial charge < -0.3 is 10.1 Å². The van der Waals surface area contributed by atoms with Crippen LogP contribution < -0.4 is 5.32 Å². The van der Waals surface area contributed by atoms with Crippen LogP contribution in [0, 0.1) is 0 Å². The Morgan fingerprint density at radius 1 is 1.33 bits per heavy atom. The Bertz CT molecular complexity index is 155. The summed E-state index contributed by atoms with van der Waals surface area (Å²) in [5.41, 5.74) is 0. The van der Waals surface area contributed by atoms with Crippen LogP contribution in [-0.2, 0) is 9.59 Å². The van der Waals surface area contributed by atoms with Crippen LogP contribution in [0.5, 0.6) is 0 Å². The van der Waals surface area contributed by atoms with E-state index < -0.39 is 0 Å². The van der Waals surface area contributed by atoms with Gasteiger partial charge in [-0.05, 0) is 18.9 Å². The van der Waals surface area contributed by atoms with E-state index in [0.717, 1.165) is 25.5 Å². The Morgan fingerprint density at radius 2 is 2.08 bits per heavy atom.